The Morgan fingerprint density at radius 1 is 0.913 bits per heavy atom. The number of hydrogen-bond donors (Lipinski definition) is 0. The molecule has 0 saturated carbocycles. The van der Waals surface area contributed by atoms with Crippen LogP contribution in [0.25, 0.3) is 22.4 Å². The van der Waals surface area contributed by atoms with Gasteiger partial charge in [0.2, 0.25) is 0 Å². The minimum absolute atomic E-state index is 0.723. The highest BCUT2D eigenvalue weighted by atomic mass is 35.5. The van der Waals surface area contributed by atoms with Gasteiger partial charge in [-0.3, -0.25) is 4.98 Å². The van der Waals surface area contributed by atoms with Crippen LogP contribution in [0.2, 0.25) is 5.02 Å². The van der Waals surface area contributed by atoms with E-state index in [1.165, 1.54) is 5.56 Å². The lowest BCUT2D eigenvalue weighted by molar-refractivity contribution is 0.833. The monoisotopic (exact) mass is 319 g/mol. The second kappa shape index (κ2) is 5.86. The maximum Gasteiger partial charge on any atom is 0.141 e. The van der Waals surface area contributed by atoms with Crippen LogP contribution in [-0.2, 0) is 6.54 Å². The summed E-state index contributed by atoms with van der Waals surface area (Å²) in [5, 5.41) is 0.723. The Labute approximate surface area is 139 Å². The zero-order valence-corrected chi connectivity index (χ0v) is 13.1. The predicted octanol–water partition coefficient (Wildman–Crippen LogP) is 4.80. The Kier molecular flexibility index (Phi) is 3.56. The second-order valence-electron chi connectivity index (χ2n) is 5.38. The first-order valence-electron chi connectivity index (χ1n) is 7.41. The maximum absolute atomic E-state index is 6.01. The number of halogens is 1. The second-order valence-corrected chi connectivity index (χ2v) is 5.81. The number of nitrogens with zero attached hydrogens (tertiary/aromatic N) is 3. The fourth-order valence-corrected chi connectivity index (χ4v) is 2.84. The van der Waals surface area contributed by atoms with E-state index in [2.05, 4.69) is 33.8 Å². The molecule has 0 bridgehead atoms. The molecule has 4 rings (SSSR count). The molecule has 3 nitrogen and oxygen atoms in total. The van der Waals surface area contributed by atoms with Crippen molar-refractivity contribution in [1.29, 1.82) is 0 Å². The van der Waals surface area contributed by atoms with Gasteiger partial charge in [0.1, 0.15) is 5.82 Å². The number of imidazole rings is 1. The molecule has 0 fully saturated rings. The molecule has 0 aliphatic carbocycles. The summed E-state index contributed by atoms with van der Waals surface area (Å²) < 4.78 is 2.20. The van der Waals surface area contributed by atoms with Crippen molar-refractivity contribution in [2.75, 3.05) is 0 Å². The van der Waals surface area contributed by atoms with Crippen molar-refractivity contribution in [2.45, 2.75) is 6.54 Å². The van der Waals surface area contributed by atoms with E-state index < -0.39 is 0 Å². The van der Waals surface area contributed by atoms with Crippen molar-refractivity contribution in [3.05, 3.63) is 83.6 Å². The summed E-state index contributed by atoms with van der Waals surface area (Å²) in [6.45, 7) is 0.751. The molecule has 0 unspecified atom stereocenters. The molecule has 112 valence electrons. The average Bonchev–Trinajstić information content (AvgIpc) is 2.95. The standard InChI is InChI=1S/C19H14ClN3/c20-16-8-6-15(7-9-16)19-22-17-10-11-21-12-18(17)23(19)13-14-4-2-1-3-5-14/h1-12H,13H2. The summed E-state index contributed by atoms with van der Waals surface area (Å²) >= 11 is 6.01. The molecule has 0 amide bonds. The zero-order valence-electron chi connectivity index (χ0n) is 12.4. The van der Waals surface area contributed by atoms with E-state index in [9.17, 15) is 0 Å². The summed E-state index contributed by atoms with van der Waals surface area (Å²) in [6, 6.07) is 20.1. The molecule has 2 aromatic carbocycles. The maximum atomic E-state index is 6.01. The number of fused-ring (bicyclic) bond motifs is 1. The molecule has 0 aliphatic heterocycles. The Balaban J connectivity index is 1.89. The van der Waals surface area contributed by atoms with Crippen molar-refractivity contribution in [3.8, 4) is 11.4 Å². The van der Waals surface area contributed by atoms with Gasteiger partial charge in [-0.25, -0.2) is 4.98 Å². The SMILES string of the molecule is Clc1ccc(-c2nc3ccncc3n2Cc2ccccc2)cc1. The predicted molar refractivity (Wildman–Crippen MR) is 93.5 cm³/mol. The van der Waals surface area contributed by atoms with Crippen LogP contribution in [0.4, 0.5) is 0 Å². The van der Waals surface area contributed by atoms with Gasteiger partial charge in [0.05, 0.1) is 17.2 Å². The summed E-state index contributed by atoms with van der Waals surface area (Å²) in [5.74, 6) is 0.925. The lowest BCUT2D eigenvalue weighted by Crippen LogP contribution is -2.02. The minimum Gasteiger partial charge on any atom is -0.318 e. The van der Waals surface area contributed by atoms with E-state index >= 15 is 0 Å². The van der Waals surface area contributed by atoms with Crippen LogP contribution in [0.1, 0.15) is 5.56 Å². The van der Waals surface area contributed by atoms with Crippen LogP contribution in [0, 0.1) is 0 Å². The molecule has 0 spiro atoms. The number of benzene rings is 2. The van der Waals surface area contributed by atoms with E-state index in [-0.39, 0.29) is 0 Å². The molecule has 0 saturated heterocycles. The molecular formula is C19H14ClN3. The van der Waals surface area contributed by atoms with Gasteiger partial charge in [0, 0.05) is 23.3 Å². The third-order valence-corrected chi connectivity index (χ3v) is 4.09. The first-order chi connectivity index (χ1) is 11.3. The molecule has 0 radical (unpaired) electrons. The molecule has 0 N–H and O–H groups in total. The largest absolute Gasteiger partial charge is 0.318 e. The minimum atomic E-state index is 0.723. The lowest BCUT2D eigenvalue weighted by atomic mass is 10.2. The van der Waals surface area contributed by atoms with Crippen LogP contribution in [0.3, 0.4) is 0 Å². The topological polar surface area (TPSA) is 30.7 Å². The van der Waals surface area contributed by atoms with E-state index in [0.717, 1.165) is 34.0 Å². The summed E-state index contributed by atoms with van der Waals surface area (Å²) in [6.07, 6.45) is 3.64. The van der Waals surface area contributed by atoms with Gasteiger partial charge >= 0.3 is 0 Å². The highest BCUT2D eigenvalue weighted by Crippen LogP contribution is 2.26. The van der Waals surface area contributed by atoms with Crippen molar-refractivity contribution < 1.29 is 0 Å². The Bertz CT molecular complexity index is 943. The van der Waals surface area contributed by atoms with Gasteiger partial charge in [-0.05, 0) is 35.9 Å². The summed E-state index contributed by atoms with van der Waals surface area (Å²) in [4.78, 5) is 9.04. The Hall–Kier alpha value is -2.65. The van der Waals surface area contributed by atoms with Crippen molar-refractivity contribution in [2.24, 2.45) is 0 Å². The molecule has 23 heavy (non-hydrogen) atoms. The first kappa shape index (κ1) is 14.0. The van der Waals surface area contributed by atoms with Crippen molar-refractivity contribution in [3.63, 3.8) is 0 Å². The number of aromatic nitrogens is 3. The van der Waals surface area contributed by atoms with Crippen LogP contribution in [0.15, 0.2) is 73.1 Å². The quantitative estimate of drug-likeness (QED) is 0.543. The molecule has 2 aromatic heterocycles. The van der Waals surface area contributed by atoms with Gasteiger partial charge in [0.15, 0.2) is 0 Å². The molecular weight excluding hydrogens is 306 g/mol. The fraction of sp³-hybridized carbons (Fsp3) is 0.0526. The molecule has 0 aliphatic rings. The number of rotatable bonds is 3. The van der Waals surface area contributed by atoms with E-state index in [4.69, 9.17) is 16.6 Å². The smallest absolute Gasteiger partial charge is 0.141 e. The van der Waals surface area contributed by atoms with Crippen LogP contribution in [0.5, 0.6) is 0 Å². The number of pyridine rings is 1. The van der Waals surface area contributed by atoms with Crippen LogP contribution >= 0.6 is 11.6 Å². The molecule has 2 heterocycles. The van der Waals surface area contributed by atoms with Gasteiger partial charge in [0.25, 0.3) is 0 Å². The van der Waals surface area contributed by atoms with Gasteiger partial charge < -0.3 is 4.57 Å². The van der Waals surface area contributed by atoms with E-state index in [1.807, 2.05) is 42.6 Å². The van der Waals surface area contributed by atoms with Crippen LogP contribution in [-0.4, -0.2) is 14.5 Å². The fourth-order valence-electron chi connectivity index (χ4n) is 2.72. The van der Waals surface area contributed by atoms with Crippen LogP contribution < -0.4 is 0 Å². The zero-order chi connectivity index (χ0) is 15.6. The van der Waals surface area contributed by atoms with Gasteiger partial charge in [-0.2, -0.15) is 0 Å². The molecule has 4 aromatic rings. The lowest BCUT2D eigenvalue weighted by Gasteiger charge is -2.09. The normalized spacial score (nSPS) is 11.0. The average molecular weight is 320 g/mol. The highest BCUT2D eigenvalue weighted by Gasteiger charge is 2.13. The van der Waals surface area contributed by atoms with Crippen molar-refractivity contribution >= 4 is 22.6 Å². The Morgan fingerprint density at radius 3 is 2.48 bits per heavy atom. The summed E-state index contributed by atoms with van der Waals surface area (Å²) in [7, 11) is 0. The number of hydrogen-bond acceptors (Lipinski definition) is 2. The van der Waals surface area contributed by atoms with E-state index in [1.54, 1.807) is 6.20 Å². The van der Waals surface area contributed by atoms with Crippen molar-refractivity contribution in [1.82, 2.24) is 14.5 Å². The molecule has 0 atom stereocenters. The first-order valence-corrected chi connectivity index (χ1v) is 7.79. The third kappa shape index (κ3) is 2.71. The highest BCUT2D eigenvalue weighted by molar-refractivity contribution is 6.30. The molecule has 4 heteroatoms. The third-order valence-electron chi connectivity index (χ3n) is 3.84. The van der Waals surface area contributed by atoms with Gasteiger partial charge in [-0.1, -0.05) is 41.9 Å². The summed E-state index contributed by atoms with van der Waals surface area (Å²) in [5.41, 5.74) is 4.24. The van der Waals surface area contributed by atoms with E-state index in [0.29, 0.717) is 0 Å². The Morgan fingerprint density at radius 2 is 1.70 bits per heavy atom. The van der Waals surface area contributed by atoms with Gasteiger partial charge in [-0.15, -0.1) is 0 Å².